The molecule has 0 aliphatic heterocycles. The number of nitrogens with zero attached hydrogens (tertiary/aromatic N) is 2. The normalized spacial score (nSPS) is 27.3. The number of hydrogen-bond donors (Lipinski definition) is 0. The molecule has 1 heterocycles. The molecule has 2 fully saturated rings. The molecule has 30 heavy (non-hydrogen) atoms. The van der Waals surface area contributed by atoms with E-state index in [2.05, 4.69) is 26.2 Å². The molecule has 3 rings (SSSR count). The van der Waals surface area contributed by atoms with E-state index < -0.39 is 0 Å². The molecule has 2 heteroatoms. The van der Waals surface area contributed by atoms with Gasteiger partial charge in [-0.05, 0) is 61.8 Å². The molecule has 0 aromatic carbocycles. The monoisotopic (exact) mass is 412 g/mol. The average molecular weight is 413 g/mol. The maximum Gasteiger partial charge on any atom is 0.131 e. The highest BCUT2D eigenvalue weighted by Gasteiger charge is 2.26. The lowest BCUT2D eigenvalue weighted by atomic mass is 9.75. The standard InChI is InChI=1S/C28H48N2/c1-3-5-6-7-8-10-26-21-29-28(30-22-26)27-19-17-25(18-20-27)16-15-24-13-11-23(9-4-2)12-14-24/h21-25,27H,3-20H2,1-2H3/t23-,24-,25?,27?. The average Bonchev–Trinajstić information content (AvgIpc) is 2.79. The van der Waals surface area contributed by atoms with Crippen molar-refractivity contribution in [2.45, 2.75) is 135 Å². The zero-order valence-corrected chi connectivity index (χ0v) is 20.1. The van der Waals surface area contributed by atoms with E-state index in [4.69, 9.17) is 9.97 Å². The first-order valence-corrected chi connectivity index (χ1v) is 13.6. The Labute approximate surface area is 187 Å². The highest BCUT2D eigenvalue weighted by molar-refractivity contribution is 5.08. The second kappa shape index (κ2) is 13.5. The number of aryl methyl sites for hydroxylation is 1. The first-order valence-electron chi connectivity index (χ1n) is 13.6. The van der Waals surface area contributed by atoms with E-state index in [9.17, 15) is 0 Å². The molecular formula is C28H48N2. The lowest BCUT2D eigenvalue weighted by Gasteiger charge is -2.31. The predicted octanol–water partition coefficient (Wildman–Crippen LogP) is 8.65. The van der Waals surface area contributed by atoms with Crippen LogP contribution in [-0.4, -0.2) is 9.97 Å². The van der Waals surface area contributed by atoms with Crippen molar-refractivity contribution in [2.24, 2.45) is 17.8 Å². The van der Waals surface area contributed by atoms with Crippen LogP contribution in [0.4, 0.5) is 0 Å². The van der Waals surface area contributed by atoms with Crippen molar-refractivity contribution >= 4 is 0 Å². The summed E-state index contributed by atoms with van der Waals surface area (Å²) in [6.07, 6.45) is 29.4. The molecule has 0 amide bonds. The van der Waals surface area contributed by atoms with E-state index >= 15 is 0 Å². The van der Waals surface area contributed by atoms with Crippen molar-refractivity contribution in [3.63, 3.8) is 0 Å². The summed E-state index contributed by atoms with van der Waals surface area (Å²) in [5, 5.41) is 0. The summed E-state index contributed by atoms with van der Waals surface area (Å²) >= 11 is 0. The van der Waals surface area contributed by atoms with Crippen molar-refractivity contribution in [1.29, 1.82) is 0 Å². The summed E-state index contributed by atoms with van der Waals surface area (Å²) in [4.78, 5) is 9.55. The highest BCUT2D eigenvalue weighted by Crippen LogP contribution is 2.39. The topological polar surface area (TPSA) is 25.8 Å². The van der Waals surface area contributed by atoms with Gasteiger partial charge in [0, 0.05) is 18.3 Å². The maximum atomic E-state index is 4.77. The van der Waals surface area contributed by atoms with Gasteiger partial charge >= 0.3 is 0 Å². The zero-order valence-electron chi connectivity index (χ0n) is 20.1. The van der Waals surface area contributed by atoms with E-state index in [0.717, 1.165) is 30.0 Å². The molecule has 0 radical (unpaired) electrons. The minimum Gasteiger partial charge on any atom is -0.241 e. The molecule has 0 saturated heterocycles. The lowest BCUT2D eigenvalue weighted by molar-refractivity contribution is 0.223. The van der Waals surface area contributed by atoms with Gasteiger partial charge in [-0.3, -0.25) is 0 Å². The van der Waals surface area contributed by atoms with Crippen molar-refractivity contribution in [3.8, 4) is 0 Å². The summed E-state index contributed by atoms with van der Waals surface area (Å²) in [7, 11) is 0. The molecule has 2 aliphatic rings. The molecule has 0 spiro atoms. The van der Waals surface area contributed by atoms with Crippen LogP contribution in [0, 0.1) is 17.8 Å². The fourth-order valence-electron chi connectivity index (χ4n) is 6.04. The van der Waals surface area contributed by atoms with Crippen LogP contribution in [0.5, 0.6) is 0 Å². The fraction of sp³-hybridized carbons (Fsp3) is 0.857. The zero-order chi connectivity index (χ0) is 21.0. The van der Waals surface area contributed by atoms with Gasteiger partial charge in [0.05, 0.1) is 0 Å². The number of aromatic nitrogens is 2. The summed E-state index contributed by atoms with van der Waals surface area (Å²) < 4.78 is 0. The van der Waals surface area contributed by atoms with E-state index in [1.165, 1.54) is 115 Å². The molecular weight excluding hydrogens is 364 g/mol. The van der Waals surface area contributed by atoms with Crippen molar-refractivity contribution in [2.75, 3.05) is 0 Å². The third-order valence-electron chi connectivity index (χ3n) is 8.15. The molecule has 170 valence electrons. The third-order valence-corrected chi connectivity index (χ3v) is 8.15. The summed E-state index contributed by atoms with van der Waals surface area (Å²) in [5.74, 6) is 4.79. The van der Waals surface area contributed by atoms with Gasteiger partial charge in [-0.2, -0.15) is 0 Å². The van der Waals surface area contributed by atoms with Gasteiger partial charge in [0.2, 0.25) is 0 Å². The van der Waals surface area contributed by atoms with Gasteiger partial charge in [-0.1, -0.05) is 90.9 Å². The van der Waals surface area contributed by atoms with Crippen molar-refractivity contribution < 1.29 is 0 Å². The molecule has 0 atom stereocenters. The Bertz CT molecular complexity index is 551. The fourth-order valence-corrected chi connectivity index (χ4v) is 6.04. The Morgan fingerprint density at radius 1 is 0.633 bits per heavy atom. The van der Waals surface area contributed by atoms with Crippen LogP contribution in [0.3, 0.4) is 0 Å². The van der Waals surface area contributed by atoms with E-state index in [-0.39, 0.29) is 0 Å². The smallest absolute Gasteiger partial charge is 0.131 e. The van der Waals surface area contributed by atoms with Crippen LogP contribution in [-0.2, 0) is 6.42 Å². The summed E-state index contributed by atoms with van der Waals surface area (Å²) in [5.41, 5.74) is 1.33. The molecule has 2 nitrogen and oxygen atoms in total. The van der Waals surface area contributed by atoms with Gasteiger partial charge < -0.3 is 0 Å². The SMILES string of the molecule is CCCCCCCc1cnc(C2CCC(CC[C@H]3CC[C@H](CCC)CC3)CC2)nc1. The Morgan fingerprint density at radius 2 is 1.17 bits per heavy atom. The van der Waals surface area contributed by atoms with E-state index in [1.807, 2.05) is 0 Å². The number of unbranched alkanes of at least 4 members (excludes halogenated alkanes) is 4. The highest BCUT2D eigenvalue weighted by atomic mass is 14.9. The molecule has 1 aromatic heterocycles. The predicted molar refractivity (Wildman–Crippen MR) is 129 cm³/mol. The van der Waals surface area contributed by atoms with E-state index in [1.54, 1.807) is 0 Å². The largest absolute Gasteiger partial charge is 0.241 e. The Hall–Kier alpha value is -0.920. The van der Waals surface area contributed by atoms with Crippen LogP contribution < -0.4 is 0 Å². The summed E-state index contributed by atoms with van der Waals surface area (Å²) in [6.45, 7) is 4.62. The van der Waals surface area contributed by atoms with E-state index in [0.29, 0.717) is 5.92 Å². The molecule has 0 unspecified atom stereocenters. The van der Waals surface area contributed by atoms with Crippen molar-refractivity contribution in [1.82, 2.24) is 9.97 Å². The van der Waals surface area contributed by atoms with Gasteiger partial charge in [0.15, 0.2) is 0 Å². The molecule has 1 aromatic rings. The summed E-state index contributed by atoms with van der Waals surface area (Å²) in [6, 6.07) is 0. The molecule has 0 N–H and O–H groups in total. The van der Waals surface area contributed by atoms with Crippen LogP contribution in [0.1, 0.15) is 140 Å². The van der Waals surface area contributed by atoms with Crippen LogP contribution in [0.25, 0.3) is 0 Å². The minimum atomic E-state index is 0.615. The maximum absolute atomic E-state index is 4.77. The Balaban J connectivity index is 1.30. The van der Waals surface area contributed by atoms with Crippen LogP contribution >= 0.6 is 0 Å². The van der Waals surface area contributed by atoms with Gasteiger partial charge in [0.25, 0.3) is 0 Å². The lowest BCUT2D eigenvalue weighted by Crippen LogP contribution is -2.18. The third kappa shape index (κ3) is 7.97. The number of rotatable bonds is 12. The van der Waals surface area contributed by atoms with Gasteiger partial charge in [0.1, 0.15) is 5.82 Å². The Morgan fingerprint density at radius 3 is 1.73 bits per heavy atom. The molecule has 2 aliphatic carbocycles. The second-order valence-corrected chi connectivity index (χ2v) is 10.6. The first kappa shape index (κ1) is 23.7. The minimum absolute atomic E-state index is 0.615. The van der Waals surface area contributed by atoms with Crippen LogP contribution in [0.15, 0.2) is 12.4 Å². The molecule has 0 bridgehead atoms. The molecule has 2 saturated carbocycles. The first-order chi connectivity index (χ1) is 14.8. The van der Waals surface area contributed by atoms with Crippen molar-refractivity contribution in [3.05, 3.63) is 23.8 Å². The second-order valence-electron chi connectivity index (χ2n) is 10.6. The van der Waals surface area contributed by atoms with Gasteiger partial charge in [-0.25, -0.2) is 9.97 Å². The van der Waals surface area contributed by atoms with Gasteiger partial charge in [-0.15, -0.1) is 0 Å². The quantitative estimate of drug-likeness (QED) is 0.321. The number of hydrogen-bond acceptors (Lipinski definition) is 2. The van der Waals surface area contributed by atoms with Crippen LogP contribution in [0.2, 0.25) is 0 Å². The Kier molecular flexibility index (Phi) is 10.7.